The fourth-order valence-electron chi connectivity index (χ4n) is 3.47. The average Bonchev–Trinajstić information content (AvgIpc) is 3.41. The van der Waals surface area contributed by atoms with Crippen LogP contribution in [0.5, 0.6) is 0 Å². The van der Waals surface area contributed by atoms with Crippen molar-refractivity contribution >= 4 is 16.0 Å². The van der Waals surface area contributed by atoms with Gasteiger partial charge in [0.05, 0.1) is 18.4 Å². The van der Waals surface area contributed by atoms with Crippen LogP contribution in [-0.2, 0) is 25.2 Å². The summed E-state index contributed by atoms with van der Waals surface area (Å²) in [6.45, 7) is 4.97. The first-order valence-corrected chi connectivity index (χ1v) is 11.7. The number of rotatable bonds is 9. The van der Waals surface area contributed by atoms with Gasteiger partial charge in [-0.2, -0.15) is 4.31 Å². The Balaban J connectivity index is 1.34. The lowest BCUT2D eigenvalue weighted by Crippen LogP contribution is -2.54. The van der Waals surface area contributed by atoms with Gasteiger partial charge in [-0.1, -0.05) is 5.16 Å². The van der Waals surface area contributed by atoms with E-state index in [9.17, 15) is 8.42 Å². The van der Waals surface area contributed by atoms with Gasteiger partial charge < -0.3 is 24.2 Å². The number of ether oxygens (including phenoxy) is 2. The Morgan fingerprint density at radius 2 is 2.21 bits per heavy atom. The SMILES string of the molecule is CN=C(NCCCOCC1CCCO1)N1CCN(S(=O)(=O)Cc2ccon2)CC1. The van der Waals surface area contributed by atoms with Crippen molar-refractivity contribution < 1.29 is 22.4 Å². The zero-order chi connectivity index (χ0) is 20.5. The van der Waals surface area contributed by atoms with Gasteiger partial charge in [-0.25, -0.2) is 8.42 Å². The number of aliphatic imine (C=N–C) groups is 1. The van der Waals surface area contributed by atoms with Crippen LogP contribution in [0, 0.1) is 0 Å². The number of piperazine rings is 1. The summed E-state index contributed by atoms with van der Waals surface area (Å²) in [4.78, 5) is 6.40. The lowest BCUT2D eigenvalue weighted by atomic mass is 10.2. The lowest BCUT2D eigenvalue weighted by Gasteiger charge is -2.35. The van der Waals surface area contributed by atoms with Gasteiger partial charge in [0.15, 0.2) is 5.96 Å². The molecule has 29 heavy (non-hydrogen) atoms. The summed E-state index contributed by atoms with van der Waals surface area (Å²) in [5, 5.41) is 7.02. The highest BCUT2D eigenvalue weighted by Crippen LogP contribution is 2.13. The van der Waals surface area contributed by atoms with E-state index in [1.807, 2.05) is 0 Å². The van der Waals surface area contributed by atoms with Crippen LogP contribution in [0.3, 0.4) is 0 Å². The predicted molar refractivity (Wildman–Crippen MR) is 108 cm³/mol. The third-order valence-corrected chi connectivity index (χ3v) is 6.85. The van der Waals surface area contributed by atoms with Crippen LogP contribution in [0.15, 0.2) is 21.8 Å². The highest BCUT2D eigenvalue weighted by atomic mass is 32.2. The highest BCUT2D eigenvalue weighted by Gasteiger charge is 2.28. The first-order chi connectivity index (χ1) is 14.1. The molecule has 10 nitrogen and oxygen atoms in total. The third-order valence-electron chi connectivity index (χ3n) is 5.04. The Bertz CT molecular complexity index is 726. The molecule has 0 aliphatic carbocycles. The van der Waals surface area contributed by atoms with Crippen molar-refractivity contribution in [2.24, 2.45) is 4.99 Å². The van der Waals surface area contributed by atoms with Crippen LogP contribution in [0.2, 0.25) is 0 Å². The van der Waals surface area contributed by atoms with E-state index < -0.39 is 10.0 Å². The van der Waals surface area contributed by atoms with Gasteiger partial charge in [-0.05, 0) is 19.3 Å². The fraction of sp³-hybridized carbons (Fsp3) is 0.778. The third kappa shape index (κ3) is 6.66. The molecule has 164 valence electrons. The monoisotopic (exact) mass is 429 g/mol. The maximum Gasteiger partial charge on any atom is 0.220 e. The summed E-state index contributed by atoms with van der Waals surface area (Å²) < 4.78 is 42.5. The molecule has 1 unspecified atom stereocenters. The van der Waals surface area contributed by atoms with E-state index >= 15 is 0 Å². The second kappa shape index (κ2) is 10.9. The van der Waals surface area contributed by atoms with Crippen molar-refractivity contribution in [2.45, 2.75) is 31.1 Å². The summed E-state index contributed by atoms with van der Waals surface area (Å²) in [6, 6.07) is 1.57. The largest absolute Gasteiger partial charge is 0.379 e. The van der Waals surface area contributed by atoms with E-state index in [4.69, 9.17) is 14.0 Å². The molecule has 0 amide bonds. The number of hydrogen-bond donors (Lipinski definition) is 1. The normalized spacial score (nSPS) is 21.6. The molecule has 0 radical (unpaired) electrons. The molecule has 0 spiro atoms. The summed E-state index contributed by atoms with van der Waals surface area (Å²) in [5.74, 6) is 0.653. The summed E-state index contributed by atoms with van der Waals surface area (Å²) in [6.07, 6.45) is 4.72. The van der Waals surface area contributed by atoms with E-state index in [0.717, 1.165) is 38.4 Å². The molecule has 2 saturated heterocycles. The summed E-state index contributed by atoms with van der Waals surface area (Å²) in [7, 11) is -1.66. The van der Waals surface area contributed by atoms with E-state index in [2.05, 4.69) is 20.4 Å². The number of hydrogen-bond acceptors (Lipinski definition) is 7. The van der Waals surface area contributed by atoms with Gasteiger partial charge in [-0.3, -0.25) is 4.99 Å². The number of nitrogens with zero attached hydrogens (tertiary/aromatic N) is 4. The van der Waals surface area contributed by atoms with Crippen LogP contribution in [-0.4, -0.2) is 94.4 Å². The Labute approximate surface area is 172 Å². The first-order valence-electron chi connectivity index (χ1n) is 10.1. The first kappa shape index (κ1) is 22.0. The molecular weight excluding hydrogens is 398 g/mol. The van der Waals surface area contributed by atoms with Crippen molar-refractivity contribution in [3.63, 3.8) is 0 Å². The second-order valence-corrected chi connectivity index (χ2v) is 9.14. The molecule has 0 saturated carbocycles. The Morgan fingerprint density at radius 3 is 2.86 bits per heavy atom. The lowest BCUT2D eigenvalue weighted by molar-refractivity contribution is 0.0168. The topological polar surface area (TPSA) is 110 Å². The zero-order valence-corrected chi connectivity index (χ0v) is 17.8. The van der Waals surface area contributed by atoms with Crippen molar-refractivity contribution in [1.82, 2.24) is 19.7 Å². The minimum Gasteiger partial charge on any atom is -0.379 e. The molecule has 1 atom stereocenters. The molecule has 2 aliphatic heterocycles. The standard InChI is InChI=1S/C18H31N5O5S/c1-19-18(20-6-3-11-26-14-17-4-2-12-27-17)22-7-9-23(10-8-22)29(24,25)15-16-5-13-28-21-16/h5,13,17H,2-4,6-12,14-15H2,1H3,(H,19,20). The van der Waals surface area contributed by atoms with E-state index in [0.29, 0.717) is 45.1 Å². The Hall–Kier alpha value is -1.69. The molecule has 0 bridgehead atoms. The number of aromatic nitrogens is 1. The van der Waals surface area contributed by atoms with Crippen LogP contribution >= 0.6 is 0 Å². The van der Waals surface area contributed by atoms with Gasteiger partial charge in [0.2, 0.25) is 10.0 Å². The van der Waals surface area contributed by atoms with Gasteiger partial charge in [0.25, 0.3) is 0 Å². The summed E-state index contributed by atoms with van der Waals surface area (Å²) >= 11 is 0. The van der Waals surface area contributed by atoms with Gasteiger partial charge in [0, 0.05) is 59.1 Å². The Morgan fingerprint density at radius 1 is 1.38 bits per heavy atom. The number of nitrogens with one attached hydrogen (secondary N) is 1. The minimum atomic E-state index is -3.40. The van der Waals surface area contributed by atoms with E-state index in [-0.39, 0.29) is 11.9 Å². The van der Waals surface area contributed by atoms with Crippen LogP contribution in [0.4, 0.5) is 0 Å². The van der Waals surface area contributed by atoms with Crippen molar-refractivity contribution in [1.29, 1.82) is 0 Å². The van der Waals surface area contributed by atoms with Crippen molar-refractivity contribution in [3.8, 4) is 0 Å². The van der Waals surface area contributed by atoms with Crippen LogP contribution in [0.25, 0.3) is 0 Å². The number of sulfonamides is 1. The second-order valence-electron chi connectivity index (χ2n) is 7.17. The zero-order valence-electron chi connectivity index (χ0n) is 17.0. The molecule has 3 heterocycles. The quantitative estimate of drug-likeness (QED) is 0.339. The fourth-order valence-corrected chi connectivity index (χ4v) is 4.89. The van der Waals surface area contributed by atoms with Crippen molar-refractivity contribution in [2.75, 3.05) is 59.6 Å². The smallest absolute Gasteiger partial charge is 0.220 e. The number of guanidine groups is 1. The molecule has 11 heteroatoms. The molecule has 3 rings (SSSR count). The molecule has 1 aromatic rings. The molecule has 0 aromatic carbocycles. The van der Waals surface area contributed by atoms with Crippen LogP contribution < -0.4 is 5.32 Å². The minimum absolute atomic E-state index is 0.137. The summed E-state index contributed by atoms with van der Waals surface area (Å²) in [5.41, 5.74) is 0.423. The van der Waals surface area contributed by atoms with Gasteiger partial charge >= 0.3 is 0 Å². The molecule has 2 aliphatic rings. The molecule has 1 aromatic heterocycles. The molecule has 1 N–H and O–H groups in total. The maximum absolute atomic E-state index is 12.5. The Kier molecular flexibility index (Phi) is 8.28. The van der Waals surface area contributed by atoms with Gasteiger partial charge in [-0.15, -0.1) is 0 Å². The van der Waals surface area contributed by atoms with Crippen molar-refractivity contribution in [3.05, 3.63) is 18.0 Å². The van der Waals surface area contributed by atoms with Crippen LogP contribution in [0.1, 0.15) is 25.0 Å². The maximum atomic E-state index is 12.5. The van der Waals surface area contributed by atoms with E-state index in [1.54, 1.807) is 13.1 Å². The molecular formula is C18H31N5O5S. The predicted octanol–water partition coefficient (Wildman–Crippen LogP) is 0.283. The molecule has 2 fully saturated rings. The average molecular weight is 430 g/mol. The van der Waals surface area contributed by atoms with E-state index in [1.165, 1.54) is 10.6 Å². The van der Waals surface area contributed by atoms with Gasteiger partial charge in [0.1, 0.15) is 12.0 Å². The highest BCUT2D eigenvalue weighted by molar-refractivity contribution is 7.88.